The lowest BCUT2D eigenvalue weighted by Gasteiger charge is -2.24. The minimum absolute atomic E-state index is 0.0533. The van der Waals surface area contributed by atoms with Crippen molar-refractivity contribution in [1.29, 1.82) is 0 Å². The number of esters is 2. The Morgan fingerprint density at radius 1 is 0.700 bits per heavy atom. The lowest BCUT2D eigenvalue weighted by Crippen LogP contribution is -2.45. The first-order valence-corrected chi connectivity index (χ1v) is 15.8. The molecular formula is C36H38N4O10. The van der Waals surface area contributed by atoms with E-state index in [9.17, 15) is 28.8 Å². The second-order valence-corrected chi connectivity index (χ2v) is 11.3. The van der Waals surface area contributed by atoms with Crippen LogP contribution in [0.4, 0.5) is 0 Å². The monoisotopic (exact) mass is 686 g/mol. The molecule has 2 heterocycles. The zero-order chi connectivity index (χ0) is 36.2. The molecule has 2 aliphatic heterocycles. The van der Waals surface area contributed by atoms with E-state index in [1.54, 1.807) is 36.4 Å². The standard InChI is InChI=1S/C36H38N4O10/c1-47-31(41)15-13-29(33(37)43)39-21-27-23(7-3-11-25(27)35(39)45)9-5-17-49-19-20-50-18-6-10-24-8-4-12-26-28(24)22-40(36(26)46)30(34(38)44)14-16-32(42)48-2/h3-4,7-8,11-12,29-30H,13-22H2,1-2H3,(H2,37,43)(H2,38,44). The number of ether oxygens (including phenoxy) is 4. The van der Waals surface area contributed by atoms with Gasteiger partial charge in [0.25, 0.3) is 11.8 Å². The number of amides is 4. The van der Waals surface area contributed by atoms with E-state index in [0.29, 0.717) is 33.4 Å². The van der Waals surface area contributed by atoms with E-state index < -0.39 is 35.8 Å². The Kier molecular flexibility index (Phi) is 13.1. The van der Waals surface area contributed by atoms with Gasteiger partial charge in [0.2, 0.25) is 11.8 Å². The lowest BCUT2D eigenvalue weighted by atomic mass is 10.0. The molecule has 4 amide bonds. The first-order valence-electron chi connectivity index (χ1n) is 15.8. The van der Waals surface area contributed by atoms with E-state index in [1.165, 1.54) is 24.0 Å². The third kappa shape index (κ3) is 9.05. The summed E-state index contributed by atoms with van der Waals surface area (Å²) in [6.45, 7) is 0.974. The molecule has 4 N–H and O–H groups in total. The number of methoxy groups -OCH3 is 2. The molecule has 0 aliphatic carbocycles. The third-order valence-corrected chi connectivity index (χ3v) is 8.27. The summed E-state index contributed by atoms with van der Waals surface area (Å²) in [7, 11) is 2.49. The Morgan fingerprint density at radius 3 is 1.46 bits per heavy atom. The highest BCUT2D eigenvalue weighted by Gasteiger charge is 2.38. The zero-order valence-corrected chi connectivity index (χ0v) is 27.8. The van der Waals surface area contributed by atoms with E-state index in [1.807, 2.05) is 0 Å². The Labute approximate surface area is 289 Å². The molecule has 2 aliphatic rings. The number of nitrogens with zero attached hydrogens (tertiary/aromatic N) is 2. The number of hydrogen-bond acceptors (Lipinski definition) is 10. The molecule has 2 atom stereocenters. The highest BCUT2D eigenvalue weighted by molar-refractivity contribution is 6.02. The Morgan fingerprint density at radius 2 is 1.10 bits per heavy atom. The van der Waals surface area contributed by atoms with Crippen molar-refractivity contribution in [3.05, 3.63) is 69.8 Å². The summed E-state index contributed by atoms with van der Waals surface area (Å²) in [5, 5.41) is 0. The fourth-order valence-electron chi connectivity index (χ4n) is 5.69. The van der Waals surface area contributed by atoms with Crippen LogP contribution in [0.15, 0.2) is 36.4 Å². The van der Waals surface area contributed by atoms with E-state index in [4.69, 9.17) is 20.9 Å². The average molecular weight is 687 g/mol. The molecule has 0 spiro atoms. The van der Waals surface area contributed by atoms with Gasteiger partial charge in [-0.1, -0.05) is 35.8 Å². The molecule has 0 aromatic heterocycles. The molecule has 2 aromatic carbocycles. The summed E-state index contributed by atoms with van der Waals surface area (Å²) in [6, 6.07) is 8.35. The second kappa shape index (κ2) is 17.6. The normalized spacial score (nSPS) is 14.0. The largest absolute Gasteiger partial charge is 0.469 e. The van der Waals surface area contributed by atoms with Crippen molar-refractivity contribution in [3.8, 4) is 23.7 Å². The van der Waals surface area contributed by atoms with Crippen LogP contribution < -0.4 is 11.5 Å². The van der Waals surface area contributed by atoms with Gasteiger partial charge in [-0.2, -0.15) is 0 Å². The van der Waals surface area contributed by atoms with Gasteiger partial charge in [-0.05, 0) is 48.2 Å². The van der Waals surface area contributed by atoms with Crippen LogP contribution in [0.3, 0.4) is 0 Å². The van der Waals surface area contributed by atoms with Gasteiger partial charge >= 0.3 is 11.9 Å². The number of carbonyl (C=O) groups is 6. The van der Waals surface area contributed by atoms with Gasteiger partial charge in [0.15, 0.2) is 0 Å². The molecule has 50 heavy (non-hydrogen) atoms. The third-order valence-electron chi connectivity index (χ3n) is 8.27. The Hall–Kier alpha value is -5.70. The maximum absolute atomic E-state index is 13.0. The van der Waals surface area contributed by atoms with Gasteiger partial charge < -0.3 is 40.2 Å². The molecule has 0 saturated carbocycles. The summed E-state index contributed by atoms with van der Waals surface area (Å²) in [5.74, 6) is 8.75. The number of primary amides is 2. The fourth-order valence-corrected chi connectivity index (χ4v) is 5.69. The van der Waals surface area contributed by atoms with Crippen molar-refractivity contribution < 1.29 is 47.7 Å². The first kappa shape index (κ1) is 37.1. The molecular weight excluding hydrogens is 648 g/mol. The molecule has 0 saturated heterocycles. The maximum atomic E-state index is 13.0. The zero-order valence-electron chi connectivity index (χ0n) is 27.8. The molecule has 262 valence electrons. The van der Waals surface area contributed by atoms with Crippen molar-refractivity contribution in [3.63, 3.8) is 0 Å². The SMILES string of the molecule is COC(=O)CCC(C(N)=O)N1Cc2c(C#CCOCCOCC#Cc3cccc4c3CN(C(CCC(=O)OC)C(N)=O)C4=O)cccc2C1=O. The first-order chi connectivity index (χ1) is 24.1. The van der Waals surface area contributed by atoms with Crippen molar-refractivity contribution in [1.82, 2.24) is 9.80 Å². The number of rotatable bonds is 15. The van der Waals surface area contributed by atoms with E-state index >= 15 is 0 Å². The minimum Gasteiger partial charge on any atom is -0.469 e. The highest BCUT2D eigenvalue weighted by atomic mass is 16.5. The molecule has 4 rings (SSSR count). The number of hydrogen-bond donors (Lipinski definition) is 2. The summed E-state index contributed by atoms with van der Waals surface area (Å²) in [6.07, 6.45) is 0.000191. The predicted octanol–water partition coefficient (Wildman–Crippen LogP) is 0.649. The lowest BCUT2D eigenvalue weighted by molar-refractivity contribution is -0.142. The van der Waals surface area contributed by atoms with Crippen molar-refractivity contribution in [2.45, 2.75) is 50.9 Å². The maximum Gasteiger partial charge on any atom is 0.305 e. The van der Waals surface area contributed by atoms with Gasteiger partial charge in [-0.15, -0.1) is 0 Å². The van der Waals surface area contributed by atoms with Crippen LogP contribution in [0, 0.1) is 23.7 Å². The van der Waals surface area contributed by atoms with E-state index in [-0.39, 0.29) is 77.0 Å². The number of nitrogens with two attached hydrogens (primary N) is 2. The van der Waals surface area contributed by atoms with Crippen molar-refractivity contribution in [2.24, 2.45) is 11.5 Å². The topological polar surface area (TPSA) is 198 Å². The molecule has 2 aromatic rings. The average Bonchev–Trinajstić information content (AvgIpc) is 3.62. The van der Waals surface area contributed by atoms with Gasteiger partial charge in [-0.3, -0.25) is 28.8 Å². The van der Waals surface area contributed by atoms with Crippen LogP contribution >= 0.6 is 0 Å². The molecule has 2 unspecified atom stereocenters. The highest BCUT2D eigenvalue weighted by Crippen LogP contribution is 2.30. The van der Waals surface area contributed by atoms with Gasteiger partial charge in [0.05, 0.1) is 27.4 Å². The van der Waals surface area contributed by atoms with Crippen LogP contribution in [0.2, 0.25) is 0 Å². The van der Waals surface area contributed by atoms with Gasteiger partial charge in [0.1, 0.15) is 25.3 Å². The Bertz CT molecular complexity index is 1650. The number of fused-ring (bicyclic) bond motifs is 2. The summed E-state index contributed by atoms with van der Waals surface area (Å²) < 4.78 is 20.4. The van der Waals surface area contributed by atoms with E-state index in [2.05, 4.69) is 33.2 Å². The fraction of sp³-hybridized carbons (Fsp3) is 0.389. The van der Waals surface area contributed by atoms with Crippen LogP contribution in [-0.4, -0.2) is 98.1 Å². The van der Waals surface area contributed by atoms with Crippen LogP contribution in [0.5, 0.6) is 0 Å². The molecule has 14 nitrogen and oxygen atoms in total. The molecule has 0 radical (unpaired) electrons. The Balaban J connectivity index is 1.24. The van der Waals surface area contributed by atoms with Gasteiger partial charge in [0, 0.05) is 48.2 Å². The molecule has 0 bridgehead atoms. The summed E-state index contributed by atoms with van der Waals surface area (Å²) in [4.78, 5) is 76.2. The van der Waals surface area contributed by atoms with E-state index in [0.717, 1.165) is 0 Å². The molecule has 0 fully saturated rings. The van der Waals surface area contributed by atoms with Crippen LogP contribution in [0.1, 0.15) is 68.7 Å². The summed E-state index contributed by atoms with van der Waals surface area (Å²) in [5.41, 5.74) is 14.5. The number of benzene rings is 2. The predicted molar refractivity (Wildman–Crippen MR) is 176 cm³/mol. The number of carbonyl (C=O) groups excluding carboxylic acids is 6. The van der Waals surface area contributed by atoms with Crippen LogP contribution in [0.25, 0.3) is 0 Å². The summed E-state index contributed by atoms with van der Waals surface area (Å²) >= 11 is 0. The second-order valence-electron chi connectivity index (χ2n) is 11.3. The quantitative estimate of drug-likeness (QED) is 0.152. The smallest absolute Gasteiger partial charge is 0.305 e. The van der Waals surface area contributed by atoms with Crippen molar-refractivity contribution >= 4 is 35.6 Å². The van der Waals surface area contributed by atoms with Crippen molar-refractivity contribution in [2.75, 3.05) is 40.6 Å². The molecule has 14 heteroatoms. The van der Waals surface area contributed by atoms with Gasteiger partial charge in [-0.25, -0.2) is 0 Å². The van der Waals surface area contributed by atoms with Crippen LogP contribution in [-0.2, 0) is 51.2 Å². The minimum atomic E-state index is -0.961.